The van der Waals surface area contributed by atoms with Crippen LogP contribution in [-0.4, -0.2) is 9.97 Å². The summed E-state index contributed by atoms with van der Waals surface area (Å²) < 4.78 is 0. The number of aromatic nitrogens is 2. The molecule has 0 aliphatic rings. The van der Waals surface area contributed by atoms with Crippen molar-refractivity contribution < 1.29 is 0 Å². The van der Waals surface area contributed by atoms with Gasteiger partial charge in [-0.05, 0) is 39.9 Å². The molecule has 0 atom stereocenters. The molecule has 0 fully saturated rings. The van der Waals surface area contributed by atoms with Gasteiger partial charge in [-0.1, -0.05) is 152 Å². The van der Waals surface area contributed by atoms with Gasteiger partial charge in [-0.15, -0.1) is 0 Å². The molecular weight excluding hydrogens is 534 g/mol. The Hall–Kier alpha value is -6.11. The van der Waals surface area contributed by atoms with Gasteiger partial charge in [0.05, 0.1) is 23.0 Å². The van der Waals surface area contributed by atoms with E-state index in [9.17, 15) is 0 Å². The molecule has 0 bridgehead atoms. The van der Waals surface area contributed by atoms with Gasteiger partial charge in [0.25, 0.3) is 0 Å². The second-order valence-electron chi connectivity index (χ2n) is 10.6. The van der Waals surface area contributed by atoms with Gasteiger partial charge < -0.3 is 0 Å². The highest BCUT2D eigenvalue weighted by Crippen LogP contribution is 2.40. The number of nitriles is 1. The molecule has 7 aromatic rings. The number of nitrogens with zero attached hydrogens (tertiary/aromatic N) is 3. The Balaban J connectivity index is 1.33. The van der Waals surface area contributed by atoms with Gasteiger partial charge in [0.2, 0.25) is 0 Å². The van der Waals surface area contributed by atoms with Crippen molar-refractivity contribution >= 4 is 0 Å². The van der Waals surface area contributed by atoms with Gasteiger partial charge >= 0.3 is 0 Å². The van der Waals surface area contributed by atoms with E-state index in [2.05, 4.69) is 115 Å². The Kier molecular flexibility index (Phi) is 7.31. The van der Waals surface area contributed by atoms with E-state index in [1.165, 1.54) is 0 Å². The van der Waals surface area contributed by atoms with Gasteiger partial charge in [-0.25, -0.2) is 9.97 Å². The molecule has 0 aliphatic heterocycles. The highest BCUT2D eigenvalue weighted by molar-refractivity contribution is 5.92. The Morgan fingerprint density at radius 3 is 1.11 bits per heavy atom. The van der Waals surface area contributed by atoms with E-state index in [-0.39, 0.29) is 0 Å². The lowest BCUT2D eigenvalue weighted by molar-refractivity contribution is 1.18. The Labute approximate surface area is 257 Å². The Morgan fingerprint density at radius 1 is 0.341 bits per heavy atom. The van der Waals surface area contributed by atoms with Crippen LogP contribution in [0.15, 0.2) is 164 Å². The number of hydrogen-bond acceptors (Lipinski definition) is 3. The molecule has 7 rings (SSSR count). The van der Waals surface area contributed by atoms with E-state index in [1.54, 1.807) is 0 Å². The minimum Gasteiger partial charge on any atom is -0.227 e. The summed E-state index contributed by atoms with van der Waals surface area (Å²) in [5, 5.41) is 9.10. The average molecular weight is 562 g/mol. The van der Waals surface area contributed by atoms with Crippen molar-refractivity contribution in [3.63, 3.8) is 0 Å². The van der Waals surface area contributed by atoms with Gasteiger partial charge in [0.15, 0.2) is 5.82 Å². The highest BCUT2D eigenvalue weighted by Gasteiger charge is 2.20. The molecule has 0 saturated carbocycles. The third kappa shape index (κ3) is 5.41. The third-order valence-electron chi connectivity index (χ3n) is 7.77. The smallest absolute Gasteiger partial charge is 0.160 e. The van der Waals surface area contributed by atoms with Crippen molar-refractivity contribution in [3.8, 4) is 73.4 Å². The molecule has 0 amide bonds. The minimum atomic E-state index is 0.663. The molecule has 3 nitrogen and oxygen atoms in total. The van der Waals surface area contributed by atoms with E-state index in [4.69, 9.17) is 15.2 Å². The first-order valence-electron chi connectivity index (χ1n) is 14.6. The molecule has 0 unspecified atom stereocenters. The van der Waals surface area contributed by atoms with Crippen molar-refractivity contribution in [2.75, 3.05) is 0 Å². The SMILES string of the molecule is N#Cc1ccc(-c2ccc(-c3ccc(-c4nc(-c5ccccc5)nc(-c5ccccc5)c4-c4ccccc4)cc3)cc2)cc1. The molecular formula is C41H27N3. The van der Waals surface area contributed by atoms with Crippen LogP contribution in [0, 0.1) is 11.3 Å². The van der Waals surface area contributed by atoms with Crippen molar-refractivity contribution in [1.82, 2.24) is 9.97 Å². The standard InChI is InChI=1S/C41H27N3/c42-28-29-16-18-30(19-17-29)31-20-22-32(23-21-31)33-24-26-36(27-25-33)40-38(34-10-4-1-5-11-34)39(35-12-6-2-7-13-35)43-41(44-40)37-14-8-3-9-15-37/h1-27H. The lowest BCUT2D eigenvalue weighted by Crippen LogP contribution is -2.00. The van der Waals surface area contributed by atoms with Crippen LogP contribution >= 0.6 is 0 Å². The number of hydrogen-bond donors (Lipinski definition) is 0. The van der Waals surface area contributed by atoms with E-state index in [1.807, 2.05) is 54.6 Å². The normalized spacial score (nSPS) is 10.7. The largest absolute Gasteiger partial charge is 0.227 e. The summed E-state index contributed by atoms with van der Waals surface area (Å²) in [6, 6.07) is 57.9. The summed E-state index contributed by atoms with van der Waals surface area (Å²) in [5.74, 6) is 0.696. The maximum Gasteiger partial charge on any atom is 0.160 e. The molecule has 3 heteroatoms. The lowest BCUT2D eigenvalue weighted by Gasteiger charge is -2.17. The minimum absolute atomic E-state index is 0.663. The zero-order valence-electron chi connectivity index (χ0n) is 23.9. The van der Waals surface area contributed by atoms with Crippen LogP contribution in [0.1, 0.15) is 5.56 Å². The van der Waals surface area contributed by atoms with Crippen LogP contribution in [0.2, 0.25) is 0 Å². The van der Waals surface area contributed by atoms with Crippen LogP contribution < -0.4 is 0 Å². The fraction of sp³-hybridized carbons (Fsp3) is 0. The number of benzene rings is 6. The molecule has 206 valence electrons. The molecule has 1 aromatic heterocycles. The first-order valence-corrected chi connectivity index (χ1v) is 14.6. The second kappa shape index (κ2) is 12.0. The van der Waals surface area contributed by atoms with Gasteiger partial charge in [0, 0.05) is 22.3 Å². The van der Waals surface area contributed by atoms with Crippen molar-refractivity contribution in [1.29, 1.82) is 5.26 Å². The van der Waals surface area contributed by atoms with Gasteiger partial charge in [-0.3, -0.25) is 0 Å². The van der Waals surface area contributed by atoms with Crippen LogP contribution in [0.4, 0.5) is 0 Å². The maximum atomic E-state index is 9.10. The molecule has 0 saturated heterocycles. The summed E-state index contributed by atoms with van der Waals surface area (Å²) in [6.45, 7) is 0. The van der Waals surface area contributed by atoms with E-state index in [0.717, 1.165) is 61.5 Å². The molecule has 6 aromatic carbocycles. The molecule has 0 N–H and O–H groups in total. The van der Waals surface area contributed by atoms with Crippen molar-refractivity contribution in [2.24, 2.45) is 0 Å². The van der Waals surface area contributed by atoms with Gasteiger partial charge in [0.1, 0.15) is 0 Å². The monoisotopic (exact) mass is 561 g/mol. The van der Waals surface area contributed by atoms with Gasteiger partial charge in [-0.2, -0.15) is 5.26 Å². The third-order valence-corrected chi connectivity index (χ3v) is 7.77. The number of rotatable bonds is 6. The van der Waals surface area contributed by atoms with E-state index < -0.39 is 0 Å². The van der Waals surface area contributed by atoms with Crippen LogP contribution in [0.5, 0.6) is 0 Å². The summed E-state index contributed by atoms with van der Waals surface area (Å²) in [4.78, 5) is 10.4. The molecule has 0 spiro atoms. The van der Waals surface area contributed by atoms with Crippen LogP contribution in [0.25, 0.3) is 67.3 Å². The lowest BCUT2D eigenvalue weighted by atomic mass is 9.93. The maximum absolute atomic E-state index is 9.10. The summed E-state index contributed by atoms with van der Waals surface area (Å²) in [7, 11) is 0. The topological polar surface area (TPSA) is 49.6 Å². The molecule has 44 heavy (non-hydrogen) atoms. The van der Waals surface area contributed by atoms with Crippen molar-refractivity contribution in [2.45, 2.75) is 0 Å². The highest BCUT2D eigenvalue weighted by atomic mass is 14.9. The molecule has 0 radical (unpaired) electrons. The fourth-order valence-electron chi connectivity index (χ4n) is 5.48. The Morgan fingerprint density at radius 2 is 0.682 bits per heavy atom. The quantitative estimate of drug-likeness (QED) is 0.203. The zero-order valence-corrected chi connectivity index (χ0v) is 23.9. The first kappa shape index (κ1) is 26.8. The summed E-state index contributed by atoms with van der Waals surface area (Å²) in [6.07, 6.45) is 0. The first-order chi connectivity index (χ1) is 21.8. The average Bonchev–Trinajstić information content (AvgIpc) is 3.12. The second-order valence-corrected chi connectivity index (χ2v) is 10.6. The predicted octanol–water partition coefficient (Wildman–Crippen LogP) is 10.4. The summed E-state index contributed by atoms with van der Waals surface area (Å²) in [5.41, 5.74) is 12.1. The predicted molar refractivity (Wildman–Crippen MR) is 179 cm³/mol. The van der Waals surface area contributed by atoms with Crippen LogP contribution in [-0.2, 0) is 0 Å². The van der Waals surface area contributed by atoms with E-state index >= 15 is 0 Å². The van der Waals surface area contributed by atoms with E-state index in [0.29, 0.717) is 11.4 Å². The van der Waals surface area contributed by atoms with Crippen LogP contribution in [0.3, 0.4) is 0 Å². The zero-order chi connectivity index (χ0) is 29.7. The molecule has 0 aliphatic carbocycles. The summed E-state index contributed by atoms with van der Waals surface area (Å²) >= 11 is 0. The molecule has 1 heterocycles. The fourth-order valence-corrected chi connectivity index (χ4v) is 5.48. The van der Waals surface area contributed by atoms with Crippen molar-refractivity contribution in [3.05, 3.63) is 169 Å². The Bertz CT molecular complexity index is 2060.